The molecule has 1 amide bonds. The van der Waals surface area contributed by atoms with Gasteiger partial charge in [0, 0.05) is 35.0 Å². The van der Waals surface area contributed by atoms with Crippen LogP contribution in [0.3, 0.4) is 0 Å². The fourth-order valence-electron chi connectivity index (χ4n) is 3.08. The Morgan fingerprint density at radius 3 is 1.76 bits per heavy atom. The van der Waals surface area contributed by atoms with Crippen molar-refractivity contribution in [1.82, 2.24) is 4.90 Å². The molecule has 2 rings (SSSR count). The van der Waals surface area contributed by atoms with Crippen molar-refractivity contribution in [3.63, 3.8) is 0 Å². The predicted octanol–water partition coefficient (Wildman–Crippen LogP) is 6.16. The van der Waals surface area contributed by atoms with E-state index >= 15 is 0 Å². The zero-order chi connectivity index (χ0) is 25.3. The van der Waals surface area contributed by atoms with Gasteiger partial charge < -0.3 is 15.1 Å². The predicted molar refractivity (Wildman–Crippen MR) is 136 cm³/mol. The lowest BCUT2D eigenvalue weighted by atomic mass is 10.0. The first-order valence-corrected chi connectivity index (χ1v) is 12.0. The number of nitrogens with zero attached hydrogens (tertiary/aromatic N) is 1. The van der Waals surface area contributed by atoms with Crippen LogP contribution in [0.1, 0.15) is 72.4 Å². The second-order valence-electron chi connectivity index (χ2n) is 7.77. The molecule has 2 N–H and O–H groups in total. The van der Waals surface area contributed by atoms with Gasteiger partial charge in [0.25, 0.3) is 5.24 Å². The van der Waals surface area contributed by atoms with Gasteiger partial charge in [-0.25, -0.2) is 0 Å². The lowest BCUT2D eigenvalue weighted by Crippen LogP contribution is -2.16. The quantitative estimate of drug-likeness (QED) is 0.244. The Labute approximate surface area is 205 Å². The molecular formula is C25H33NO5S2. The highest BCUT2D eigenvalue weighted by molar-refractivity contribution is 8.13. The van der Waals surface area contributed by atoms with Crippen LogP contribution in [-0.4, -0.2) is 46.0 Å². The first kappa shape index (κ1) is 28.6. The number of thiol groups is 1. The van der Waals surface area contributed by atoms with E-state index < -0.39 is 0 Å². The molecule has 0 radical (unpaired) electrons. The Morgan fingerprint density at radius 2 is 1.30 bits per heavy atom. The number of phenolic OH excluding ortho intramolecular Hbond substituents is 2. The Kier molecular flexibility index (Phi) is 11.5. The smallest absolute Gasteiger partial charge is 0.285 e. The first-order chi connectivity index (χ1) is 15.5. The summed E-state index contributed by atoms with van der Waals surface area (Å²) >= 11 is 5.31. The summed E-state index contributed by atoms with van der Waals surface area (Å²) in [4.78, 5) is 37.2. The number of carbonyl (C=O) groups excluding carboxylic acids is 3. The summed E-state index contributed by atoms with van der Waals surface area (Å²) < 4.78 is 0. The van der Waals surface area contributed by atoms with E-state index in [-0.39, 0.29) is 28.3 Å². The normalized spacial score (nSPS) is 10.3. The van der Waals surface area contributed by atoms with E-state index in [4.69, 9.17) is 0 Å². The van der Waals surface area contributed by atoms with E-state index in [1.165, 1.54) is 18.7 Å². The summed E-state index contributed by atoms with van der Waals surface area (Å²) in [5.74, 6) is -0.198. The first-order valence-electron chi connectivity index (χ1n) is 10.8. The molecule has 0 aliphatic carbocycles. The molecule has 180 valence electrons. The molecule has 6 nitrogen and oxygen atoms in total. The number of ketones is 2. The van der Waals surface area contributed by atoms with Gasteiger partial charge in [-0.3, -0.25) is 14.4 Å². The zero-order valence-corrected chi connectivity index (χ0v) is 21.8. The van der Waals surface area contributed by atoms with Crippen LogP contribution in [0, 0.1) is 0 Å². The minimum Gasteiger partial charge on any atom is -0.507 e. The highest BCUT2D eigenvalue weighted by atomic mass is 32.2. The van der Waals surface area contributed by atoms with E-state index in [2.05, 4.69) is 12.6 Å². The van der Waals surface area contributed by atoms with Gasteiger partial charge in [0.15, 0.2) is 11.6 Å². The zero-order valence-electron chi connectivity index (χ0n) is 20.1. The van der Waals surface area contributed by atoms with Gasteiger partial charge in [0.05, 0.1) is 11.1 Å². The van der Waals surface area contributed by atoms with Gasteiger partial charge >= 0.3 is 0 Å². The number of benzene rings is 2. The Bertz CT molecular complexity index is 1020. The molecule has 0 aliphatic heterocycles. The Hall–Kier alpha value is -2.45. The third-order valence-corrected chi connectivity index (χ3v) is 6.38. The van der Waals surface area contributed by atoms with E-state index in [1.54, 1.807) is 38.4 Å². The number of hydrogen-bond donors (Lipinski definition) is 3. The van der Waals surface area contributed by atoms with Crippen LogP contribution in [0.5, 0.6) is 11.5 Å². The van der Waals surface area contributed by atoms with Crippen LogP contribution in [0.25, 0.3) is 0 Å². The van der Waals surface area contributed by atoms with Crippen LogP contribution in [0.15, 0.2) is 34.1 Å². The molecular weight excluding hydrogens is 458 g/mol. The highest BCUT2D eigenvalue weighted by Crippen LogP contribution is 2.34. The molecule has 2 aromatic rings. The summed E-state index contributed by atoms with van der Waals surface area (Å²) in [5.41, 5.74) is 2.13. The van der Waals surface area contributed by atoms with Crippen LogP contribution in [-0.2, 0) is 12.8 Å². The van der Waals surface area contributed by atoms with Gasteiger partial charge in [0.1, 0.15) is 11.5 Å². The molecule has 0 aliphatic rings. The number of rotatable bonds is 7. The molecule has 0 fully saturated rings. The average molecular weight is 492 g/mol. The number of thioether (sulfide) groups is 1. The SMILES string of the molecule is CCCc1c(S)ccc(C(C)=O)c1O.CCCc1c(SC(=O)N(C)C)ccc(C(C)=O)c1O. The van der Waals surface area contributed by atoms with Gasteiger partial charge in [-0.1, -0.05) is 26.7 Å². The van der Waals surface area contributed by atoms with Crippen LogP contribution >= 0.6 is 24.4 Å². The third kappa shape index (κ3) is 7.82. The lowest BCUT2D eigenvalue weighted by molar-refractivity contribution is 0.100. The van der Waals surface area contributed by atoms with Crippen molar-refractivity contribution in [1.29, 1.82) is 0 Å². The maximum atomic E-state index is 11.7. The Balaban J connectivity index is 0.000000346. The molecule has 0 aromatic heterocycles. The standard InChI is InChI=1S/C14H19NO3S.C11H14O2S/c1-5-6-11-12(19-14(18)15(3)4)8-7-10(9(2)16)13(11)17;1-3-4-9-10(14)6-5-8(7(2)12)11(9)13/h7-8,17H,5-6H2,1-4H3;5-6,13-14H,3-4H2,1-2H3. The summed E-state index contributed by atoms with van der Waals surface area (Å²) in [6, 6.07) is 6.67. The van der Waals surface area contributed by atoms with Crippen LogP contribution in [0.2, 0.25) is 0 Å². The van der Waals surface area contributed by atoms with Crippen LogP contribution in [0.4, 0.5) is 4.79 Å². The minimum absolute atomic E-state index is 0.00547. The molecule has 0 heterocycles. The van der Waals surface area contributed by atoms with Gasteiger partial charge in [-0.2, -0.15) is 0 Å². The number of aromatic hydroxyl groups is 2. The molecule has 0 atom stereocenters. The van der Waals surface area contributed by atoms with E-state index in [0.717, 1.165) is 41.5 Å². The fourth-order valence-corrected chi connectivity index (χ4v) is 4.20. The molecule has 0 unspecified atom stereocenters. The summed E-state index contributed by atoms with van der Waals surface area (Å²) in [6.07, 6.45) is 3.13. The van der Waals surface area contributed by atoms with E-state index in [9.17, 15) is 24.6 Å². The highest BCUT2D eigenvalue weighted by Gasteiger charge is 2.18. The minimum atomic E-state index is -0.176. The number of phenols is 2. The molecule has 0 spiro atoms. The number of amides is 1. The molecule has 0 saturated heterocycles. The van der Waals surface area contributed by atoms with Gasteiger partial charge in [0.2, 0.25) is 0 Å². The van der Waals surface area contributed by atoms with Crippen molar-refractivity contribution < 1.29 is 24.6 Å². The van der Waals surface area contributed by atoms with Crippen molar-refractivity contribution >= 4 is 41.2 Å². The van der Waals surface area contributed by atoms with Gasteiger partial charge in [-0.05, 0) is 62.7 Å². The lowest BCUT2D eigenvalue weighted by Gasteiger charge is -2.14. The molecule has 2 aromatic carbocycles. The second-order valence-corrected chi connectivity index (χ2v) is 9.25. The van der Waals surface area contributed by atoms with Gasteiger partial charge in [-0.15, -0.1) is 12.6 Å². The average Bonchev–Trinajstić information content (AvgIpc) is 2.73. The van der Waals surface area contributed by atoms with Crippen molar-refractivity contribution in [2.75, 3.05) is 14.1 Å². The maximum Gasteiger partial charge on any atom is 0.285 e. The fraction of sp³-hybridized carbons (Fsp3) is 0.400. The van der Waals surface area contributed by atoms with Crippen molar-refractivity contribution in [2.24, 2.45) is 0 Å². The molecule has 8 heteroatoms. The monoisotopic (exact) mass is 491 g/mol. The third-order valence-electron chi connectivity index (χ3n) is 4.82. The topological polar surface area (TPSA) is 94.9 Å². The van der Waals surface area contributed by atoms with Crippen molar-refractivity contribution in [3.8, 4) is 11.5 Å². The molecule has 0 bridgehead atoms. The summed E-state index contributed by atoms with van der Waals surface area (Å²) in [5, 5.41) is 19.9. The van der Waals surface area contributed by atoms with E-state index in [1.807, 2.05) is 13.8 Å². The van der Waals surface area contributed by atoms with Crippen LogP contribution < -0.4 is 0 Å². The molecule has 0 saturated carbocycles. The summed E-state index contributed by atoms with van der Waals surface area (Å²) in [7, 11) is 3.36. The van der Waals surface area contributed by atoms with Crippen molar-refractivity contribution in [3.05, 3.63) is 46.5 Å². The number of hydrogen-bond acceptors (Lipinski definition) is 7. The number of Topliss-reactive ketones (excluding diaryl/α,β-unsaturated/α-hetero) is 2. The largest absolute Gasteiger partial charge is 0.507 e. The summed E-state index contributed by atoms with van der Waals surface area (Å²) in [6.45, 7) is 6.88. The molecule has 33 heavy (non-hydrogen) atoms. The number of carbonyl (C=O) groups is 3. The Morgan fingerprint density at radius 1 is 0.848 bits per heavy atom. The van der Waals surface area contributed by atoms with E-state index in [0.29, 0.717) is 28.0 Å². The van der Waals surface area contributed by atoms with Crippen molar-refractivity contribution in [2.45, 2.75) is 63.2 Å². The maximum absolute atomic E-state index is 11.7. The second kappa shape index (κ2) is 13.3.